The molecule has 0 unspecified atom stereocenters. The van der Waals surface area contributed by atoms with E-state index in [0.717, 1.165) is 16.8 Å². The Morgan fingerprint density at radius 1 is 1.22 bits per heavy atom. The lowest BCUT2D eigenvalue weighted by Gasteiger charge is -2.15. The number of anilines is 1. The second-order valence-electron chi connectivity index (χ2n) is 5.12. The molecular formula is C17H14FN5. The van der Waals surface area contributed by atoms with Gasteiger partial charge in [0.2, 0.25) is 0 Å². The number of hydrogen-bond donors (Lipinski definition) is 1. The molecule has 0 fully saturated rings. The zero-order valence-corrected chi connectivity index (χ0v) is 12.4. The van der Waals surface area contributed by atoms with Crippen molar-refractivity contribution in [3.05, 3.63) is 72.1 Å². The van der Waals surface area contributed by atoms with E-state index in [-0.39, 0.29) is 5.82 Å². The van der Waals surface area contributed by atoms with Gasteiger partial charge in [0.1, 0.15) is 24.5 Å². The fourth-order valence-electron chi connectivity index (χ4n) is 2.26. The number of nitriles is 1. The lowest BCUT2D eigenvalue weighted by Crippen LogP contribution is -2.10. The Kier molecular flexibility index (Phi) is 4.02. The van der Waals surface area contributed by atoms with E-state index >= 15 is 0 Å². The monoisotopic (exact) mass is 307 g/mol. The average Bonchev–Trinajstić information content (AvgIpc) is 3.10. The quantitative estimate of drug-likeness (QED) is 0.802. The van der Waals surface area contributed by atoms with Crippen LogP contribution in [0.3, 0.4) is 0 Å². The minimum absolute atomic E-state index is 0.317. The van der Waals surface area contributed by atoms with Crippen LogP contribution in [-0.2, 0) is 0 Å². The van der Waals surface area contributed by atoms with Gasteiger partial charge >= 0.3 is 0 Å². The van der Waals surface area contributed by atoms with E-state index in [4.69, 9.17) is 0 Å². The fraction of sp³-hybridized carbons (Fsp3) is 0.118. The maximum absolute atomic E-state index is 13.8. The summed E-state index contributed by atoms with van der Waals surface area (Å²) in [5.74, 6) is -0.380. The van der Waals surface area contributed by atoms with Gasteiger partial charge in [0, 0.05) is 0 Å². The van der Waals surface area contributed by atoms with E-state index in [9.17, 15) is 9.65 Å². The van der Waals surface area contributed by atoms with Gasteiger partial charge in [0.05, 0.1) is 17.4 Å². The second kappa shape index (κ2) is 6.28. The number of hydrogen-bond acceptors (Lipinski definition) is 4. The SMILES string of the molecule is Cc1ccc(F)c(N[C@@H](C#N)c2ccc(-n3cncn3)cc2)c1. The molecule has 0 spiro atoms. The summed E-state index contributed by atoms with van der Waals surface area (Å²) in [6, 6.07) is 13.6. The maximum atomic E-state index is 13.8. The van der Waals surface area contributed by atoms with Crippen LogP contribution in [0.25, 0.3) is 5.69 Å². The molecule has 0 aliphatic heterocycles. The summed E-state index contributed by atoms with van der Waals surface area (Å²) >= 11 is 0. The Morgan fingerprint density at radius 2 is 2.00 bits per heavy atom. The van der Waals surface area contributed by atoms with Crippen LogP contribution in [0.5, 0.6) is 0 Å². The highest BCUT2D eigenvalue weighted by atomic mass is 19.1. The standard InChI is InChI=1S/C17H14FN5/c1-12-2-7-15(18)16(8-12)22-17(9-19)13-3-5-14(6-4-13)23-11-20-10-21-23/h2-8,10-11,17,22H,1H3/t17-/m0/s1. The molecule has 5 nitrogen and oxygen atoms in total. The number of aryl methyl sites for hydroxylation is 1. The highest BCUT2D eigenvalue weighted by molar-refractivity contribution is 5.51. The summed E-state index contributed by atoms with van der Waals surface area (Å²) in [6.07, 6.45) is 3.05. The van der Waals surface area contributed by atoms with Crippen molar-refractivity contribution >= 4 is 5.69 Å². The maximum Gasteiger partial charge on any atom is 0.146 e. The van der Waals surface area contributed by atoms with Gasteiger partial charge in [-0.15, -0.1) is 0 Å². The summed E-state index contributed by atoms with van der Waals surface area (Å²) in [4.78, 5) is 3.89. The minimum Gasteiger partial charge on any atom is -0.364 e. The predicted molar refractivity (Wildman–Crippen MR) is 84.5 cm³/mol. The summed E-state index contributed by atoms with van der Waals surface area (Å²) in [5, 5.41) is 16.4. The number of halogens is 1. The first-order valence-corrected chi connectivity index (χ1v) is 7.04. The average molecular weight is 307 g/mol. The van der Waals surface area contributed by atoms with Crippen LogP contribution >= 0.6 is 0 Å². The Morgan fingerprint density at radius 3 is 2.65 bits per heavy atom. The lowest BCUT2D eigenvalue weighted by atomic mass is 10.1. The molecule has 1 aromatic heterocycles. The number of benzene rings is 2. The molecule has 1 atom stereocenters. The summed E-state index contributed by atoms with van der Waals surface area (Å²) in [5.41, 5.74) is 2.82. The highest BCUT2D eigenvalue weighted by Crippen LogP contribution is 2.23. The molecule has 0 aliphatic rings. The van der Waals surface area contributed by atoms with Crippen molar-refractivity contribution in [3.63, 3.8) is 0 Å². The van der Waals surface area contributed by atoms with Gasteiger partial charge in [0.15, 0.2) is 0 Å². The van der Waals surface area contributed by atoms with Crippen molar-refractivity contribution < 1.29 is 4.39 Å². The van der Waals surface area contributed by atoms with Crippen LogP contribution in [0.1, 0.15) is 17.2 Å². The molecule has 2 aromatic carbocycles. The molecular weight excluding hydrogens is 293 g/mol. The molecule has 6 heteroatoms. The molecule has 1 N–H and O–H groups in total. The van der Waals surface area contributed by atoms with Crippen LogP contribution < -0.4 is 5.32 Å². The number of nitrogens with zero attached hydrogens (tertiary/aromatic N) is 4. The zero-order chi connectivity index (χ0) is 16.2. The predicted octanol–water partition coefficient (Wildman–Crippen LogP) is 3.39. The summed E-state index contributed by atoms with van der Waals surface area (Å²) in [6.45, 7) is 1.87. The van der Waals surface area contributed by atoms with Gasteiger partial charge in [0.25, 0.3) is 0 Å². The van der Waals surface area contributed by atoms with Crippen molar-refractivity contribution in [1.29, 1.82) is 5.26 Å². The normalized spacial score (nSPS) is 11.7. The van der Waals surface area contributed by atoms with E-state index in [1.807, 2.05) is 31.2 Å². The third kappa shape index (κ3) is 3.19. The van der Waals surface area contributed by atoms with Gasteiger partial charge in [-0.05, 0) is 42.3 Å². The third-order valence-corrected chi connectivity index (χ3v) is 3.46. The number of rotatable bonds is 4. The molecule has 23 heavy (non-hydrogen) atoms. The highest BCUT2D eigenvalue weighted by Gasteiger charge is 2.13. The van der Waals surface area contributed by atoms with Gasteiger partial charge in [-0.25, -0.2) is 14.1 Å². The van der Waals surface area contributed by atoms with E-state index < -0.39 is 6.04 Å². The van der Waals surface area contributed by atoms with Crippen LogP contribution in [0.2, 0.25) is 0 Å². The molecule has 0 aliphatic carbocycles. The van der Waals surface area contributed by atoms with Crippen LogP contribution in [0.15, 0.2) is 55.1 Å². The molecule has 114 valence electrons. The van der Waals surface area contributed by atoms with Crippen LogP contribution in [0.4, 0.5) is 10.1 Å². The zero-order valence-electron chi connectivity index (χ0n) is 12.4. The van der Waals surface area contributed by atoms with E-state index in [0.29, 0.717) is 5.69 Å². The first-order valence-electron chi connectivity index (χ1n) is 7.04. The van der Waals surface area contributed by atoms with E-state index in [1.165, 1.54) is 12.4 Å². The molecule has 0 radical (unpaired) electrons. The first-order chi connectivity index (χ1) is 11.2. The smallest absolute Gasteiger partial charge is 0.146 e. The second-order valence-corrected chi connectivity index (χ2v) is 5.12. The molecule has 1 heterocycles. The van der Waals surface area contributed by atoms with Crippen molar-refractivity contribution in [2.45, 2.75) is 13.0 Å². The molecule has 3 rings (SSSR count). The van der Waals surface area contributed by atoms with Crippen molar-refractivity contribution in [1.82, 2.24) is 14.8 Å². The molecule has 3 aromatic rings. The molecule has 0 amide bonds. The van der Waals surface area contributed by atoms with Crippen LogP contribution in [0, 0.1) is 24.1 Å². The van der Waals surface area contributed by atoms with E-state index in [1.54, 1.807) is 23.1 Å². The Hall–Kier alpha value is -3.20. The number of nitrogens with one attached hydrogen (secondary N) is 1. The van der Waals surface area contributed by atoms with E-state index in [2.05, 4.69) is 21.5 Å². The van der Waals surface area contributed by atoms with Crippen molar-refractivity contribution in [2.75, 3.05) is 5.32 Å². The molecule has 0 bridgehead atoms. The van der Waals surface area contributed by atoms with Gasteiger partial charge in [-0.2, -0.15) is 10.4 Å². The van der Waals surface area contributed by atoms with Gasteiger partial charge in [-0.3, -0.25) is 0 Å². The number of aromatic nitrogens is 3. The Bertz CT molecular complexity index is 834. The largest absolute Gasteiger partial charge is 0.364 e. The topological polar surface area (TPSA) is 66.5 Å². The van der Waals surface area contributed by atoms with Crippen molar-refractivity contribution in [3.8, 4) is 11.8 Å². The first kappa shape index (κ1) is 14.7. The molecule has 0 saturated heterocycles. The Balaban J connectivity index is 1.84. The summed E-state index contributed by atoms with van der Waals surface area (Å²) in [7, 11) is 0. The molecule has 0 saturated carbocycles. The Labute approximate surface area is 133 Å². The fourth-order valence-corrected chi connectivity index (χ4v) is 2.26. The van der Waals surface area contributed by atoms with Gasteiger partial charge in [-0.1, -0.05) is 18.2 Å². The van der Waals surface area contributed by atoms with Crippen molar-refractivity contribution in [2.24, 2.45) is 0 Å². The lowest BCUT2D eigenvalue weighted by molar-refractivity contribution is 0.628. The minimum atomic E-state index is -0.643. The third-order valence-electron chi connectivity index (χ3n) is 3.46. The van der Waals surface area contributed by atoms with Gasteiger partial charge < -0.3 is 5.32 Å². The van der Waals surface area contributed by atoms with Crippen LogP contribution in [-0.4, -0.2) is 14.8 Å². The summed E-state index contributed by atoms with van der Waals surface area (Å²) < 4.78 is 15.5.